The number of aromatic nitrogens is 2. The van der Waals surface area contributed by atoms with Gasteiger partial charge in [0.2, 0.25) is 5.88 Å². The lowest BCUT2D eigenvalue weighted by Gasteiger charge is -2.15. The number of unbranched alkanes of at least 4 members (excludes halogenated alkanes) is 1. The first kappa shape index (κ1) is 16.6. The molecule has 0 radical (unpaired) electrons. The van der Waals surface area contributed by atoms with Crippen LogP contribution in [0.1, 0.15) is 24.8 Å². The molecule has 0 aliphatic rings. The third-order valence-electron chi connectivity index (χ3n) is 3.68. The highest BCUT2D eigenvalue weighted by Gasteiger charge is 2.14. The number of nitrogens with zero attached hydrogens (tertiary/aromatic N) is 2. The summed E-state index contributed by atoms with van der Waals surface area (Å²) in [6, 6.07) is 5.60. The number of aliphatic hydroxyl groups is 3. The van der Waals surface area contributed by atoms with Crippen LogP contribution < -0.4 is 4.74 Å². The number of rotatable bonds is 8. The van der Waals surface area contributed by atoms with Crippen molar-refractivity contribution < 1.29 is 20.1 Å². The minimum atomic E-state index is -1.06. The van der Waals surface area contributed by atoms with Crippen LogP contribution in [0, 0.1) is 0 Å². The molecule has 0 saturated heterocycles. The van der Waals surface area contributed by atoms with Gasteiger partial charge < -0.3 is 20.1 Å². The van der Waals surface area contributed by atoms with E-state index in [-0.39, 0.29) is 0 Å². The van der Waals surface area contributed by atoms with Crippen molar-refractivity contribution in [2.75, 3.05) is 13.7 Å². The first-order chi connectivity index (χ1) is 10.7. The summed E-state index contributed by atoms with van der Waals surface area (Å²) in [6.45, 7) is -0.417. The van der Waals surface area contributed by atoms with Gasteiger partial charge in [0.1, 0.15) is 6.10 Å². The number of aryl methyl sites for hydroxylation is 1. The molecule has 6 nitrogen and oxygen atoms in total. The van der Waals surface area contributed by atoms with Crippen LogP contribution in [-0.2, 0) is 6.42 Å². The maximum absolute atomic E-state index is 9.61. The highest BCUT2D eigenvalue weighted by atomic mass is 16.5. The molecular weight excluding hydrogens is 284 g/mol. The Kier molecular flexibility index (Phi) is 6.06. The Morgan fingerprint density at radius 2 is 1.95 bits per heavy atom. The first-order valence-corrected chi connectivity index (χ1v) is 7.41. The highest BCUT2D eigenvalue weighted by Crippen LogP contribution is 2.20. The average Bonchev–Trinajstić information content (AvgIpc) is 2.57. The van der Waals surface area contributed by atoms with Gasteiger partial charge in [-0.3, -0.25) is 4.98 Å². The van der Waals surface area contributed by atoms with Gasteiger partial charge in [0.05, 0.1) is 30.9 Å². The minimum absolute atomic E-state index is 0.417. The predicted molar refractivity (Wildman–Crippen MR) is 82.7 cm³/mol. The molecule has 2 atom stereocenters. The van der Waals surface area contributed by atoms with E-state index in [2.05, 4.69) is 9.97 Å². The zero-order valence-corrected chi connectivity index (χ0v) is 12.6. The van der Waals surface area contributed by atoms with Crippen LogP contribution in [-0.4, -0.2) is 51.2 Å². The molecule has 0 unspecified atom stereocenters. The Hall–Kier alpha value is -1.76. The Bertz CT molecular complexity index is 606. The predicted octanol–water partition coefficient (Wildman–Crippen LogP) is 1.07. The van der Waals surface area contributed by atoms with E-state index < -0.39 is 18.8 Å². The fraction of sp³-hybridized carbons (Fsp3) is 0.500. The van der Waals surface area contributed by atoms with Gasteiger partial charge in [0.25, 0.3) is 0 Å². The molecule has 6 heteroatoms. The summed E-state index contributed by atoms with van der Waals surface area (Å²) in [5.74, 6) is 0.559. The lowest BCUT2D eigenvalue weighted by Crippen LogP contribution is -2.29. The van der Waals surface area contributed by atoms with Crippen molar-refractivity contribution in [1.82, 2.24) is 9.97 Å². The van der Waals surface area contributed by atoms with E-state index in [0.717, 1.165) is 35.9 Å². The van der Waals surface area contributed by atoms with Crippen LogP contribution in [0.15, 0.2) is 24.4 Å². The third kappa shape index (κ3) is 4.13. The monoisotopic (exact) mass is 306 g/mol. The van der Waals surface area contributed by atoms with Gasteiger partial charge >= 0.3 is 0 Å². The molecule has 2 aromatic rings. The molecule has 0 bridgehead atoms. The first-order valence-electron chi connectivity index (χ1n) is 7.41. The zero-order chi connectivity index (χ0) is 15.9. The third-order valence-corrected chi connectivity index (χ3v) is 3.68. The quantitative estimate of drug-likeness (QED) is 0.631. The van der Waals surface area contributed by atoms with E-state index in [4.69, 9.17) is 9.84 Å². The fourth-order valence-electron chi connectivity index (χ4n) is 2.36. The van der Waals surface area contributed by atoms with E-state index in [1.54, 1.807) is 19.4 Å². The normalized spacial score (nSPS) is 14.0. The Balaban J connectivity index is 1.97. The van der Waals surface area contributed by atoms with Crippen molar-refractivity contribution in [3.63, 3.8) is 0 Å². The molecule has 0 amide bonds. The SMILES string of the molecule is COc1ccc2nccc(CCCC[C@@H](O)[C@@H](O)CO)c2n1. The van der Waals surface area contributed by atoms with Crippen LogP contribution in [0.4, 0.5) is 0 Å². The number of hydrogen-bond donors (Lipinski definition) is 3. The largest absolute Gasteiger partial charge is 0.481 e. The number of methoxy groups -OCH3 is 1. The molecule has 0 fully saturated rings. The zero-order valence-electron chi connectivity index (χ0n) is 12.6. The van der Waals surface area contributed by atoms with Crippen molar-refractivity contribution in [2.45, 2.75) is 37.9 Å². The fourth-order valence-corrected chi connectivity index (χ4v) is 2.36. The van der Waals surface area contributed by atoms with Crippen molar-refractivity contribution in [2.24, 2.45) is 0 Å². The molecule has 2 aromatic heterocycles. The number of aliphatic hydroxyl groups excluding tert-OH is 3. The van der Waals surface area contributed by atoms with Crippen molar-refractivity contribution in [3.05, 3.63) is 30.0 Å². The molecular formula is C16H22N2O4. The summed E-state index contributed by atoms with van der Waals surface area (Å²) < 4.78 is 5.15. The van der Waals surface area contributed by atoms with E-state index in [1.807, 2.05) is 12.1 Å². The minimum Gasteiger partial charge on any atom is -0.481 e. The lowest BCUT2D eigenvalue weighted by atomic mass is 10.0. The maximum atomic E-state index is 9.61. The molecule has 3 N–H and O–H groups in total. The molecule has 0 aliphatic carbocycles. The average molecular weight is 306 g/mol. The standard InChI is InChI=1S/C16H22N2O4/c1-22-15-7-6-12-16(18-15)11(8-9-17-12)4-2-3-5-13(20)14(21)10-19/h6-9,13-14,19-21H,2-5,10H2,1H3/t13-,14+/m1/s1. The summed E-state index contributed by atoms with van der Waals surface area (Å²) >= 11 is 0. The summed E-state index contributed by atoms with van der Waals surface area (Å²) in [6.07, 6.45) is 2.70. The molecule has 2 heterocycles. The summed E-state index contributed by atoms with van der Waals surface area (Å²) in [7, 11) is 1.58. The van der Waals surface area contributed by atoms with Gasteiger partial charge in [0.15, 0.2) is 0 Å². The van der Waals surface area contributed by atoms with Crippen LogP contribution in [0.5, 0.6) is 5.88 Å². The van der Waals surface area contributed by atoms with Gasteiger partial charge in [0, 0.05) is 12.3 Å². The van der Waals surface area contributed by atoms with E-state index >= 15 is 0 Å². The van der Waals surface area contributed by atoms with E-state index in [0.29, 0.717) is 12.3 Å². The van der Waals surface area contributed by atoms with E-state index in [9.17, 15) is 10.2 Å². The van der Waals surface area contributed by atoms with Gasteiger partial charge in [-0.2, -0.15) is 0 Å². The second kappa shape index (κ2) is 8.03. The molecule has 120 valence electrons. The summed E-state index contributed by atoms with van der Waals surface area (Å²) in [5, 5.41) is 27.7. The van der Waals surface area contributed by atoms with Gasteiger partial charge in [-0.05, 0) is 37.0 Å². The van der Waals surface area contributed by atoms with Crippen LogP contribution in [0.25, 0.3) is 11.0 Å². The molecule has 22 heavy (non-hydrogen) atoms. The number of hydrogen-bond acceptors (Lipinski definition) is 6. The number of ether oxygens (including phenoxy) is 1. The van der Waals surface area contributed by atoms with Crippen molar-refractivity contribution in [3.8, 4) is 5.88 Å². The highest BCUT2D eigenvalue weighted by molar-refractivity contribution is 5.78. The molecule has 0 saturated carbocycles. The second-order valence-electron chi connectivity index (χ2n) is 5.25. The smallest absolute Gasteiger partial charge is 0.213 e. The molecule has 0 aromatic carbocycles. The maximum Gasteiger partial charge on any atom is 0.213 e. The Labute approximate surface area is 129 Å². The molecule has 2 rings (SSSR count). The topological polar surface area (TPSA) is 95.7 Å². The van der Waals surface area contributed by atoms with Crippen molar-refractivity contribution >= 4 is 11.0 Å². The van der Waals surface area contributed by atoms with Gasteiger partial charge in [-0.15, -0.1) is 0 Å². The van der Waals surface area contributed by atoms with Crippen molar-refractivity contribution in [1.29, 1.82) is 0 Å². The second-order valence-corrected chi connectivity index (χ2v) is 5.25. The number of fused-ring (bicyclic) bond motifs is 1. The lowest BCUT2D eigenvalue weighted by molar-refractivity contribution is -0.0184. The molecule has 0 spiro atoms. The number of pyridine rings is 2. The van der Waals surface area contributed by atoms with Crippen LogP contribution in [0.3, 0.4) is 0 Å². The van der Waals surface area contributed by atoms with E-state index in [1.165, 1.54) is 0 Å². The van der Waals surface area contributed by atoms with Crippen LogP contribution in [0.2, 0.25) is 0 Å². The van der Waals surface area contributed by atoms with Gasteiger partial charge in [-0.25, -0.2) is 4.98 Å². The Morgan fingerprint density at radius 3 is 2.68 bits per heavy atom. The van der Waals surface area contributed by atoms with Gasteiger partial charge in [-0.1, -0.05) is 6.42 Å². The molecule has 0 aliphatic heterocycles. The van der Waals surface area contributed by atoms with Crippen LogP contribution >= 0.6 is 0 Å². The summed E-state index contributed by atoms with van der Waals surface area (Å²) in [5.41, 5.74) is 2.74. The summed E-state index contributed by atoms with van der Waals surface area (Å²) in [4.78, 5) is 8.73. The Morgan fingerprint density at radius 1 is 1.14 bits per heavy atom.